The molecule has 0 aliphatic carbocycles. The molecule has 3 nitrogen and oxygen atoms in total. The van der Waals surface area contributed by atoms with E-state index < -0.39 is 0 Å². The number of nitrogens with zero attached hydrogens (tertiary/aromatic N) is 1. The Labute approximate surface area is 106 Å². The van der Waals surface area contributed by atoms with Gasteiger partial charge in [-0.1, -0.05) is 24.3 Å². The van der Waals surface area contributed by atoms with Gasteiger partial charge in [-0.25, -0.2) is 0 Å². The Morgan fingerprint density at radius 2 is 2.28 bits per heavy atom. The molecule has 2 aromatic rings. The first kappa shape index (κ1) is 11.1. The Kier molecular flexibility index (Phi) is 2.67. The maximum atomic E-state index is 11.5. The van der Waals surface area contributed by atoms with E-state index in [0.29, 0.717) is 6.42 Å². The molecule has 2 heterocycles. The normalized spacial score (nSPS) is 14.9. The molecule has 0 fully saturated rings. The molecular weight excluding hydrogens is 224 g/mol. The summed E-state index contributed by atoms with van der Waals surface area (Å²) in [5, 5.41) is 1.27. The summed E-state index contributed by atoms with van der Waals surface area (Å²) in [4.78, 5) is 16.6. The third-order valence-corrected chi connectivity index (χ3v) is 3.53. The number of aromatic amines is 1. The molecular formula is C15H16N2O. The van der Waals surface area contributed by atoms with Crippen LogP contribution in [0.5, 0.6) is 0 Å². The summed E-state index contributed by atoms with van der Waals surface area (Å²) < 4.78 is 0. The fourth-order valence-corrected chi connectivity index (χ4v) is 2.49. The number of hydrogen-bond donors (Lipinski definition) is 1. The molecule has 3 heteroatoms. The molecule has 1 N–H and O–H groups in total. The summed E-state index contributed by atoms with van der Waals surface area (Å²) in [6.45, 7) is 2.87. The zero-order valence-electron chi connectivity index (χ0n) is 10.4. The van der Waals surface area contributed by atoms with Crippen molar-refractivity contribution in [3.8, 4) is 0 Å². The monoisotopic (exact) mass is 240 g/mol. The van der Waals surface area contributed by atoms with E-state index in [0.717, 1.165) is 13.0 Å². The van der Waals surface area contributed by atoms with Crippen LogP contribution in [-0.4, -0.2) is 22.3 Å². The van der Waals surface area contributed by atoms with Crippen molar-refractivity contribution in [2.24, 2.45) is 0 Å². The lowest BCUT2D eigenvalue weighted by molar-refractivity contribution is -0.126. The van der Waals surface area contributed by atoms with Crippen LogP contribution in [0.15, 0.2) is 36.7 Å². The topological polar surface area (TPSA) is 36.1 Å². The van der Waals surface area contributed by atoms with Gasteiger partial charge in [0.1, 0.15) is 0 Å². The minimum absolute atomic E-state index is 0.200. The molecule has 0 atom stereocenters. The number of amides is 1. The van der Waals surface area contributed by atoms with Crippen molar-refractivity contribution < 1.29 is 4.79 Å². The van der Waals surface area contributed by atoms with Gasteiger partial charge in [0.05, 0.1) is 0 Å². The van der Waals surface area contributed by atoms with E-state index in [9.17, 15) is 4.79 Å². The minimum atomic E-state index is 0.200. The maximum Gasteiger partial charge on any atom is 0.230 e. The summed E-state index contributed by atoms with van der Waals surface area (Å²) in [5.74, 6) is 0.200. The van der Waals surface area contributed by atoms with E-state index >= 15 is 0 Å². The second-order valence-electron chi connectivity index (χ2n) is 4.74. The van der Waals surface area contributed by atoms with E-state index in [4.69, 9.17) is 0 Å². The largest absolute Gasteiger partial charge is 0.361 e. The third kappa shape index (κ3) is 1.82. The van der Waals surface area contributed by atoms with E-state index in [1.54, 1.807) is 4.90 Å². The predicted molar refractivity (Wildman–Crippen MR) is 72.2 cm³/mol. The summed E-state index contributed by atoms with van der Waals surface area (Å²) in [5.41, 5.74) is 3.74. The average molecular weight is 240 g/mol. The van der Waals surface area contributed by atoms with Crippen LogP contribution in [0.4, 0.5) is 0 Å². The van der Waals surface area contributed by atoms with Gasteiger partial charge < -0.3 is 9.88 Å². The van der Waals surface area contributed by atoms with Crippen LogP contribution in [0.25, 0.3) is 10.9 Å². The summed E-state index contributed by atoms with van der Waals surface area (Å²) in [6, 6.07) is 6.32. The first-order valence-corrected chi connectivity index (χ1v) is 6.27. The standard InChI is InChI=1S/C15H16N2O/c1-11-4-2-5-13-12(10-16-15(11)13)7-9-17-8-3-6-14(17)18/h2-5,8,10,16H,6-7,9H2,1H3. The number of H-pyrrole nitrogens is 1. The molecule has 0 radical (unpaired) electrons. The maximum absolute atomic E-state index is 11.5. The highest BCUT2D eigenvalue weighted by Crippen LogP contribution is 2.22. The van der Waals surface area contributed by atoms with Crippen LogP contribution in [0.3, 0.4) is 0 Å². The second-order valence-corrected chi connectivity index (χ2v) is 4.74. The number of aryl methyl sites for hydroxylation is 1. The number of rotatable bonds is 3. The number of nitrogens with one attached hydrogen (secondary N) is 1. The van der Waals surface area contributed by atoms with Crippen molar-refractivity contribution in [2.75, 3.05) is 6.54 Å². The average Bonchev–Trinajstić information content (AvgIpc) is 2.94. The molecule has 1 aliphatic heterocycles. The molecule has 92 valence electrons. The zero-order chi connectivity index (χ0) is 12.5. The smallest absolute Gasteiger partial charge is 0.230 e. The van der Waals surface area contributed by atoms with Crippen LogP contribution in [-0.2, 0) is 11.2 Å². The number of hydrogen-bond acceptors (Lipinski definition) is 1. The summed E-state index contributed by atoms with van der Waals surface area (Å²) in [7, 11) is 0. The fraction of sp³-hybridized carbons (Fsp3) is 0.267. The number of carbonyl (C=O) groups excluding carboxylic acids is 1. The van der Waals surface area contributed by atoms with Gasteiger partial charge in [0, 0.05) is 36.3 Å². The first-order chi connectivity index (χ1) is 8.75. The Morgan fingerprint density at radius 1 is 1.39 bits per heavy atom. The van der Waals surface area contributed by atoms with Crippen LogP contribution < -0.4 is 0 Å². The highest BCUT2D eigenvalue weighted by Gasteiger charge is 2.15. The number of fused-ring (bicyclic) bond motifs is 1. The Balaban J connectivity index is 1.81. The van der Waals surface area contributed by atoms with Crippen LogP contribution in [0, 0.1) is 6.92 Å². The van der Waals surface area contributed by atoms with Gasteiger partial charge in [-0.05, 0) is 24.5 Å². The van der Waals surface area contributed by atoms with Gasteiger partial charge in [-0.15, -0.1) is 0 Å². The van der Waals surface area contributed by atoms with Gasteiger partial charge in [0.15, 0.2) is 0 Å². The highest BCUT2D eigenvalue weighted by molar-refractivity contribution is 5.86. The molecule has 0 bridgehead atoms. The lowest BCUT2D eigenvalue weighted by Crippen LogP contribution is -2.23. The van der Waals surface area contributed by atoms with E-state index in [2.05, 4.69) is 36.3 Å². The van der Waals surface area contributed by atoms with E-state index in [1.165, 1.54) is 22.0 Å². The zero-order valence-corrected chi connectivity index (χ0v) is 10.4. The minimum Gasteiger partial charge on any atom is -0.361 e. The van der Waals surface area contributed by atoms with Crippen molar-refractivity contribution in [3.05, 3.63) is 47.8 Å². The molecule has 1 aromatic heterocycles. The van der Waals surface area contributed by atoms with Crippen LogP contribution >= 0.6 is 0 Å². The van der Waals surface area contributed by atoms with Crippen molar-refractivity contribution in [1.82, 2.24) is 9.88 Å². The molecule has 3 rings (SSSR count). The molecule has 1 aliphatic rings. The van der Waals surface area contributed by atoms with Crippen molar-refractivity contribution in [3.63, 3.8) is 0 Å². The molecule has 18 heavy (non-hydrogen) atoms. The molecule has 0 unspecified atom stereocenters. The highest BCUT2D eigenvalue weighted by atomic mass is 16.2. The van der Waals surface area contributed by atoms with Crippen molar-refractivity contribution in [2.45, 2.75) is 19.8 Å². The molecule has 0 saturated carbocycles. The number of carbonyl (C=O) groups is 1. The van der Waals surface area contributed by atoms with Crippen LogP contribution in [0.1, 0.15) is 17.5 Å². The number of para-hydroxylation sites is 1. The lowest BCUT2D eigenvalue weighted by atomic mass is 10.1. The van der Waals surface area contributed by atoms with Gasteiger partial charge in [-0.3, -0.25) is 4.79 Å². The van der Waals surface area contributed by atoms with Crippen molar-refractivity contribution in [1.29, 1.82) is 0 Å². The predicted octanol–water partition coefficient (Wildman–Crippen LogP) is 2.76. The van der Waals surface area contributed by atoms with Gasteiger partial charge in [0.2, 0.25) is 5.91 Å². The summed E-state index contributed by atoms with van der Waals surface area (Å²) >= 11 is 0. The summed E-state index contributed by atoms with van der Waals surface area (Å²) in [6.07, 6.45) is 7.30. The quantitative estimate of drug-likeness (QED) is 0.879. The molecule has 1 amide bonds. The van der Waals surface area contributed by atoms with Gasteiger partial charge in [-0.2, -0.15) is 0 Å². The number of aromatic nitrogens is 1. The fourth-order valence-electron chi connectivity index (χ4n) is 2.49. The second kappa shape index (κ2) is 4.33. The van der Waals surface area contributed by atoms with E-state index in [-0.39, 0.29) is 5.91 Å². The molecule has 0 spiro atoms. The molecule has 0 saturated heterocycles. The Hall–Kier alpha value is -2.03. The number of benzene rings is 1. The SMILES string of the molecule is Cc1cccc2c(CCN3C=CCC3=O)c[nH]c12. The first-order valence-electron chi connectivity index (χ1n) is 6.27. The Bertz CT molecular complexity index is 624. The Morgan fingerprint density at radius 3 is 3.06 bits per heavy atom. The third-order valence-electron chi connectivity index (χ3n) is 3.53. The van der Waals surface area contributed by atoms with Gasteiger partial charge >= 0.3 is 0 Å². The van der Waals surface area contributed by atoms with Crippen molar-refractivity contribution >= 4 is 16.8 Å². The van der Waals surface area contributed by atoms with Gasteiger partial charge in [0.25, 0.3) is 0 Å². The van der Waals surface area contributed by atoms with E-state index in [1.807, 2.05) is 12.3 Å². The molecule has 1 aromatic carbocycles. The lowest BCUT2D eigenvalue weighted by Gasteiger charge is -2.12. The van der Waals surface area contributed by atoms with Crippen LogP contribution in [0.2, 0.25) is 0 Å².